The first-order valence-electron chi connectivity index (χ1n) is 6.51. The minimum atomic E-state index is -0.615. The zero-order chi connectivity index (χ0) is 15.2. The molecule has 1 aromatic carbocycles. The van der Waals surface area contributed by atoms with Gasteiger partial charge >= 0.3 is 0 Å². The van der Waals surface area contributed by atoms with E-state index in [-0.39, 0.29) is 0 Å². The molecule has 0 atom stereocenters. The van der Waals surface area contributed by atoms with Gasteiger partial charge in [0.1, 0.15) is 12.1 Å². The van der Waals surface area contributed by atoms with Gasteiger partial charge in [-0.15, -0.1) is 5.11 Å². The minimum Gasteiger partial charge on any atom is -0.497 e. The lowest BCUT2D eigenvalue weighted by molar-refractivity contribution is 0.414. The fourth-order valence-corrected chi connectivity index (χ4v) is 2.77. The lowest BCUT2D eigenvalue weighted by Crippen LogP contribution is -2.34. The van der Waals surface area contributed by atoms with Crippen LogP contribution in [0, 0.1) is 10.9 Å². The molecule has 0 amide bonds. The van der Waals surface area contributed by atoms with E-state index in [4.69, 9.17) is 15.7 Å². The van der Waals surface area contributed by atoms with Gasteiger partial charge in [-0.05, 0) is 32.0 Å². The molecule has 21 heavy (non-hydrogen) atoms. The number of hydrogen-bond acceptors (Lipinski definition) is 6. The molecule has 0 bridgehead atoms. The van der Waals surface area contributed by atoms with Crippen LogP contribution in [0.25, 0.3) is 11.3 Å². The summed E-state index contributed by atoms with van der Waals surface area (Å²) < 4.78 is 5.25. The van der Waals surface area contributed by atoms with Crippen molar-refractivity contribution in [1.82, 2.24) is 9.97 Å². The SMILES string of the molecule is COc1ccc2c(c1)C(=N)C(C)(C)c1c(N=N)ncnc1-2. The molecule has 0 fully saturated rings. The summed E-state index contributed by atoms with van der Waals surface area (Å²) in [5.41, 5.74) is 10.2. The van der Waals surface area contributed by atoms with E-state index in [2.05, 4.69) is 15.1 Å². The van der Waals surface area contributed by atoms with Gasteiger partial charge in [0.15, 0.2) is 5.82 Å². The third-order valence-electron chi connectivity index (χ3n) is 3.93. The normalized spacial score (nSPS) is 15.1. The summed E-state index contributed by atoms with van der Waals surface area (Å²) in [4.78, 5) is 8.42. The molecule has 3 rings (SSSR count). The summed E-state index contributed by atoms with van der Waals surface area (Å²) in [6, 6.07) is 5.58. The second-order valence-corrected chi connectivity index (χ2v) is 5.44. The van der Waals surface area contributed by atoms with Crippen LogP contribution in [0.15, 0.2) is 29.6 Å². The van der Waals surface area contributed by atoms with Gasteiger partial charge in [-0.1, -0.05) is 0 Å². The molecule has 0 radical (unpaired) electrons. The molecule has 1 heterocycles. The molecule has 1 aliphatic rings. The molecule has 0 saturated carbocycles. The van der Waals surface area contributed by atoms with E-state index >= 15 is 0 Å². The van der Waals surface area contributed by atoms with Crippen LogP contribution in [0.1, 0.15) is 25.0 Å². The van der Waals surface area contributed by atoms with Gasteiger partial charge in [0.2, 0.25) is 0 Å². The fourth-order valence-electron chi connectivity index (χ4n) is 2.77. The summed E-state index contributed by atoms with van der Waals surface area (Å²) in [5, 5.41) is 12.0. The fraction of sp³-hybridized carbons (Fsp3) is 0.267. The molecule has 106 valence electrons. The Balaban J connectivity index is 2.40. The molecule has 2 aromatic rings. The second-order valence-electron chi connectivity index (χ2n) is 5.44. The molecule has 0 saturated heterocycles. The van der Waals surface area contributed by atoms with Gasteiger partial charge in [0, 0.05) is 27.8 Å². The number of fused-ring (bicyclic) bond motifs is 3. The highest BCUT2D eigenvalue weighted by Gasteiger charge is 2.39. The van der Waals surface area contributed by atoms with E-state index in [0.717, 1.165) is 22.4 Å². The van der Waals surface area contributed by atoms with Crippen molar-refractivity contribution in [3.63, 3.8) is 0 Å². The summed E-state index contributed by atoms with van der Waals surface area (Å²) in [6.07, 6.45) is 1.41. The number of rotatable bonds is 2. The second kappa shape index (κ2) is 4.44. The van der Waals surface area contributed by atoms with Crippen LogP contribution in [0.3, 0.4) is 0 Å². The average molecular weight is 281 g/mol. The summed E-state index contributed by atoms with van der Waals surface area (Å²) >= 11 is 0. The Morgan fingerprint density at radius 3 is 2.62 bits per heavy atom. The minimum absolute atomic E-state index is 0.316. The first-order valence-corrected chi connectivity index (χ1v) is 6.51. The van der Waals surface area contributed by atoms with Gasteiger partial charge in [0.05, 0.1) is 12.8 Å². The van der Waals surface area contributed by atoms with Crippen LogP contribution in [-0.4, -0.2) is 22.8 Å². The maximum atomic E-state index is 8.53. The van der Waals surface area contributed by atoms with Crippen molar-refractivity contribution in [2.45, 2.75) is 19.3 Å². The number of nitrogens with one attached hydrogen (secondary N) is 2. The van der Waals surface area contributed by atoms with Crippen molar-refractivity contribution < 1.29 is 4.74 Å². The zero-order valence-corrected chi connectivity index (χ0v) is 12.1. The predicted octanol–water partition coefficient (Wildman–Crippen LogP) is 3.47. The van der Waals surface area contributed by atoms with E-state index in [1.54, 1.807) is 7.11 Å². The number of ether oxygens (including phenoxy) is 1. The highest BCUT2D eigenvalue weighted by atomic mass is 16.5. The maximum Gasteiger partial charge on any atom is 0.181 e. The Morgan fingerprint density at radius 1 is 1.19 bits per heavy atom. The Hall–Kier alpha value is -2.63. The van der Waals surface area contributed by atoms with Crippen molar-refractivity contribution in [2.75, 3.05) is 7.11 Å². The van der Waals surface area contributed by atoms with E-state index in [1.165, 1.54) is 6.33 Å². The standard InChI is InChI=1S/C15H15N5O/c1-15(2)11-12(18-7-19-14(11)20-17)9-5-4-8(21-3)6-10(9)13(15)16/h4-7,16-17H,1-3H3. The van der Waals surface area contributed by atoms with Crippen molar-refractivity contribution in [3.05, 3.63) is 35.7 Å². The Labute approximate surface area is 122 Å². The number of aromatic nitrogens is 2. The zero-order valence-electron chi connectivity index (χ0n) is 12.1. The smallest absolute Gasteiger partial charge is 0.181 e. The first-order chi connectivity index (χ1) is 10.0. The maximum absolute atomic E-state index is 8.53. The van der Waals surface area contributed by atoms with Crippen molar-refractivity contribution in [2.24, 2.45) is 5.11 Å². The van der Waals surface area contributed by atoms with Gasteiger partial charge in [-0.25, -0.2) is 15.5 Å². The summed E-state index contributed by atoms with van der Waals surface area (Å²) in [7, 11) is 1.60. The first kappa shape index (κ1) is 13.4. The number of methoxy groups -OCH3 is 1. The number of hydrogen-bond donors (Lipinski definition) is 2. The van der Waals surface area contributed by atoms with E-state index in [1.807, 2.05) is 32.0 Å². The molecular weight excluding hydrogens is 266 g/mol. The largest absolute Gasteiger partial charge is 0.497 e. The summed E-state index contributed by atoms with van der Waals surface area (Å²) in [6.45, 7) is 3.85. The van der Waals surface area contributed by atoms with Crippen LogP contribution in [0.4, 0.5) is 5.82 Å². The van der Waals surface area contributed by atoms with Crippen LogP contribution in [-0.2, 0) is 5.41 Å². The van der Waals surface area contributed by atoms with Crippen molar-refractivity contribution >= 4 is 11.5 Å². The van der Waals surface area contributed by atoms with Crippen LogP contribution < -0.4 is 4.74 Å². The Morgan fingerprint density at radius 2 is 1.95 bits per heavy atom. The molecule has 2 N–H and O–H groups in total. The van der Waals surface area contributed by atoms with Crippen molar-refractivity contribution in [1.29, 1.82) is 10.9 Å². The van der Waals surface area contributed by atoms with Crippen LogP contribution in [0.2, 0.25) is 0 Å². The third kappa shape index (κ3) is 1.75. The summed E-state index contributed by atoms with van der Waals surface area (Å²) in [5.74, 6) is 1.02. The van der Waals surface area contributed by atoms with Gasteiger partial charge in [0.25, 0.3) is 0 Å². The van der Waals surface area contributed by atoms with Crippen molar-refractivity contribution in [3.8, 4) is 17.0 Å². The lowest BCUT2D eigenvalue weighted by Gasteiger charge is -2.34. The molecule has 0 spiro atoms. The Kier molecular flexibility index (Phi) is 2.83. The lowest BCUT2D eigenvalue weighted by atomic mass is 9.70. The number of nitrogens with zero attached hydrogens (tertiary/aromatic N) is 3. The van der Waals surface area contributed by atoms with Gasteiger partial charge < -0.3 is 10.1 Å². The molecule has 1 aromatic heterocycles. The highest BCUT2D eigenvalue weighted by molar-refractivity contribution is 6.14. The molecule has 0 aliphatic heterocycles. The molecule has 0 unspecified atom stereocenters. The van der Waals surface area contributed by atoms with E-state index in [9.17, 15) is 0 Å². The van der Waals surface area contributed by atoms with Crippen LogP contribution in [0.5, 0.6) is 5.75 Å². The van der Waals surface area contributed by atoms with Crippen LogP contribution >= 0.6 is 0 Å². The topological polar surface area (TPSA) is 95.1 Å². The molecular formula is C15H15N5O. The number of benzene rings is 1. The predicted molar refractivity (Wildman–Crippen MR) is 78.7 cm³/mol. The highest BCUT2D eigenvalue weighted by Crippen LogP contribution is 2.45. The Bertz CT molecular complexity index is 767. The molecule has 6 nitrogen and oxygen atoms in total. The third-order valence-corrected chi connectivity index (χ3v) is 3.93. The van der Waals surface area contributed by atoms with E-state index in [0.29, 0.717) is 17.3 Å². The average Bonchev–Trinajstić information content (AvgIpc) is 2.51. The van der Waals surface area contributed by atoms with E-state index < -0.39 is 5.41 Å². The van der Waals surface area contributed by atoms with Gasteiger partial charge in [-0.3, -0.25) is 0 Å². The quantitative estimate of drug-likeness (QED) is 0.825. The molecule has 1 aliphatic carbocycles. The monoisotopic (exact) mass is 281 g/mol. The molecule has 6 heteroatoms. The van der Waals surface area contributed by atoms with Gasteiger partial charge in [-0.2, -0.15) is 0 Å².